The molecule has 7 nitrogen and oxygen atoms in total. The number of anilines is 1. The molecule has 0 atom stereocenters. The van der Waals surface area contributed by atoms with Gasteiger partial charge in [-0.05, 0) is 5.92 Å². The Morgan fingerprint density at radius 1 is 1.53 bits per heavy atom. The van der Waals surface area contributed by atoms with Gasteiger partial charge in [-0.15, -0.1) is 0 Å². The number of aromatic nitrogens is 2. The third-order valence-corrected chi connectivity index (χ3v) is 4.44. The predicted octanol–water partition coefficient (Wildman–Crippen LogP) is 0.295. The van der Waals surface area contributed by atoms with Crippen molar-refractivity contribution in [1.29, 1.82) is 0 Å². The topological polar surface area (TPSA) is 90.5 Å². The average Bonchev–Trinajstić information content (AvgIpc) is 2.63. The van der Waals surface area contributed by atoms with Crippen molar-refractivity contribution >= 4 is 15.8 Å². The number of methoxy groups -OCH3 is 1. The Balaban J connectivity index is 3.07. The molecule has 1 rings (SSSR count). The highest BCUT2D eigenvalue weighted by molar-refractivity contribution is 7.89. The molecule has 0 aliphatic heterocycles. The van der Waals surface area contributed by atoms with E-state index in [-0.39, 0.29) is 16.6 Å². The number of nitrogen functional groups attached to an aromatic ring is 1. The van der Waals surface area contributed by atoms with E-state index in [0.717, 1.165) is 0 Å². The Bertz CT molecular complexity index is 510. The van der Waals surface area contributed by atoms with Crippen LogP contribution in [0.1, 0.15) is 13.8 Å². The van der Waals surface area contributed by atoms with Crippen molar-refractivity contribution in [1.82, 2.24) is 14.1 Å². The third-order valence-electron chi connectivity index (χ3n) is 2.55. The van der Waals surface area contributed by atoms with Crippen LogP contribution >= 0.6 is 0 Å². The van der Waals surface area contributed by atoms with Crippen LogP contribution in [0, 0.1) is 5.92 Å². The van der Waals surface area contributed by atoms with Crippen molar-refractivity contribution in [3.63, 3.8) is 0 Å². The smallest absolute Gasteiger partial charge is 0.248 e. The number of hydrogen-bond donors (Lipinski definition) is 1. The lowest BCUT2D eigenvalue weighted by Crippen LogP contribution is -2.36. The first kappa shape index (κ1) is 15.9. The minimum atomic E-state index is -3.63. The van der Waals surface area contributed by atoms with Gasteiger partial charge in [0.1, 0.15) is 4.90 Å². The molecule has 0 fully saturated rings. The first-order valence-electron chi connectivity index (χ1n) is 6.07. The summed E-state index contributed by atoms with van der Waals surface area (Å²) in [6.07, 6.45) is 1.42. The monoisotopic (exact) mass is 290 g/mol. The van der Waals surface area contributed by atoms with Gasteiger partial charge in [-0.2, -0.15) is 9.40 Å². The Morgan fingerprint density at radius 3 is 2.58 bits per heavy atom. The van der Waals surface area contributed by atoms with E-state index in [1.165, 1.54) is 15.2 Å². The van der Waals surface area contributed by atoms with Crippen LogP contribution in [-0.4, -0.2) is 49.3 Å². The number of sulfonamides is 1. The normalized spacial score (nSPS) is 12.5. The van der Waals surface area contributed by atoms with Gasteiger partial charge in [-0.3, -0.25) is 4.68 Å². The lowest BCUT2D eigenvalue weighted by atomic mass is 10.2. The largest absolute Gasteiger partial charge is 0.383 e. The first-order chi connectivity index (χ1) is 8.78. The van der Waals surface area contributed by atoms with Gasteiger partial charge in [0, 0.05) is 33.4 Å². The molecule has 0 saturated carbocycles. The molecule has 0 bridgehead atoms. The van der Waals surface area contributed by atoms with Crippen LogP contribution in [0.15, 0.2) is 11.1 Å². The summed E-state index contributed by atoms with van der Waals surface area (Å²) in [5.74, 6) is 0.234. The van der Waals surface area contributed by atoms with E-state index in [0.29, 0.717) is 19.7 Å². The second-order valence-electron chi connectivity index (χ2n) is 4.80. The van der Waals surface area contributed by atoms with E-state index < -0.39 is 10.0 Å². The highest BCUT2D eigenvalue weighted by atomic mass is 32.2. The van der Waals surface area contributed by atoms with Crippen LogP contribution in [0.5, 0.6) is 0 Å². The molecule has 1 heterocycles. The summed E-state index contributed by atoms with van der Waals surface area (Å²) < 4.78 is 32.8. The summed E-state index contributed by atoms with van der Waals surface area (Å²) in [5, 5.41) is 3.88. The highest BCUT2D eigenvalue weighted by Gasteiger charge is 2.28. The molecule has 8 heteroatoms. The first-order valence-corrected chi connectivity index (χ1v) is 7.51. The number of ether oxygens (including phenoxy) is 1. The van der Waals surface area contributed by atoms with Crippen LogP contribution in [0.2, 0.25) is 0 Å². The van der Waals surface area contributed by atoms with E-state index in [1.807, 2.05) is 13.8 Å². The Labute approximate surface area is 114 Å². The molecule has 0 unspecified atom stereocenters. The summed E-state index contributed by atoms with van der Waals surface area (Å²) in [7, 11) is -0.457. The summed E-state index contributed by atoms with van der Waals surface area (Å²) in [6, 6.07) is 0. The van der Waals surface area contributed by atoms with E-state index in [1.54, 1.807) is 14.2 Å². The quantitative estimate of drug-likeness (QED) is 0.779. The standard InChI is InChI=1S/C11H22N4O3S/c1-9(2)7-15(5-6-18-4)19(16,17)10-8-14(3)13-11(10)12/h8-9H,5-7H2,1-4H3,(H2,12,13). The van der Waals surface area contributed by atoms with Gasteiger partial charge in [0.15, 0.2) is 5.82 Å². The molecule has 0 spiro atoms. The molecule has 110 valence electrons. The zero-order valence-corrected chi connectivity index (χ0v) is 12.6. The molecule has 19 heavy (non-hydrogen) atoms. The molecular formula is C11H22N4O3S. The minimum absolute atomic E-state index is 0.0219. The van der Waals surface area contributed by atoms with Crippen LogP contribution in [0.3, 0.4) is 0 Å². The van der Waals surface area contributed by atoms with Gasteiger partial charge in [0.25, 0.3) is 0 Å². The second-order valence-corrected chi connectivity index (χ2v) is 6.71. The molecule has 0 aliphatic carbocycles. The van der Waals surface area contributed by atoms with Crippen LogP contribution < -0.4 is 5.73 Å². The fourth-order valence-corrected chi connectivity index (χ4v) is 3.41. The van der Waals surface area contributed by atoms with Gasteiger partial charge < -0.3 is 10.5 Å². The number of hydrogen-bond acceptors (Lipinski definition) is 5. The molecule has 0 aliphatic rings. The average molecular weight is 290 g/mol. The summed E-state index contributed by atoms with van der Waals surface area (Å²) in [6.45, 7) is 4.97. The molecule has 0 saturated heterocycles. The van der Waals surface area contributed by atoms with Crippen molar-refractivity contribution in [2.24, 2.45) is 13.0 Å². The van der Waals surface area contributed by atoms with Gasteiger partial charge in [0.05, 0.1) is 6.61 Å². The number of nitrogens with zero attached hydrogens (tertiary/aromatic N) is 3. The molecule has 1 aromatic rings. The fourth-order valence-electron chi connectivity index (χ4n) is 1.73. The summed E-state index contributed by atoms with van der Waals surface area (Å²) >= 11 is 0. The molecular weight excluding hydrogens is 268 g/mol. The third kappa shape index (κ3) is 3.92. The molecule has 1 aromatic heterocycles. The van der Waals surface area contributed by atoms with Crippen LogP contribution in [0.25, 0.3) is 0 Å². The Morgan fingerprint density at radius 2 is 2.16 bits per heavy atom. The van der Waals surface area contributed by atoms with Crippen molar-refractivity contribution in [3.8, 4) is 0 Å². The van der Waals surface area contributed by atoms with Crippen molar-refractivity contribution < 1.29 is 13.2 Å². The van der Waals surface area contributed by atoms with E-state index in [4.69, 9.17) is 10.5 Å². The van der Waals surface area contributed by atoms with E-state index in [2.05, 4.69) is 5.10 Å². The van der Waals surface area contributed by atoms with Crippen molar-refractivity contribution in [2.45, 2.75) is 18.7 Å². The SMILES string of the molecule is COCCN(CC(C)C)S(=O)(=O)c1cn(C)nc1N. The van der Waals surface area contributed by atoms with Crippen LogP contribution in [0.4, 0.5) is 5.82 Å². The van der Waals surface area contributed by atoms with Gasteiger partial charge in [-0.1, -0.05) is 13.8 Å². The number of rotatable bonds is 7. The number of aryl methyl sites for hydroxylation is 1. The summed E-state index contributed by atoms with van der Waals surface area (Å²) in [4.78, 5) is 0.0479. The van der Waals surface area contributed by atoms with Crippen molar-refractivity contribution in [2.75, 3.05) is 32.5 Å². The van der Waals surface area contributed by atoms with Gasteiger partial charge in [0.2, 0.25) is 10.0 Å². The Hall–Kier alpha value is -1.12. The fraction of sp³-hybridized carbons (Fsp3) is 0.727. The Kier molecular flexibility index (Phi) is 5.33. The molecule has 0 amide bonds. The zero-order chi connectivity index (χ0) is 14.6. The lowest BCUT2D eigenvalue weighted by molar-refractivity contribution is 0.175. The van der Waals surface area contributed by atoms with Crippen molar-refractivity contribution in [3.05, 3.63) is 6.20 Å². The lowest BCUT2D eigenvalue weighted by Gasteiger charge is -2.23. The van der Waals surface area contributed by atoms with E-state index >= 15 is 0 Å². The molecule has 0 radical (unpaired) electrons. The van der Waals surface area contributed by atoms with Crippen LogP contribution in [-0.2, 0) is 21.8 Å². The maximum Gasteiger partial charge on any atom is 0.248 e. The highest BCUT2D eigenvalue weighted by Crippen LogP contribution is 2.21. The zero-order valence-electron chi connectivity index (χ0n) is 11.8. The maximum atomic E-state index is 12.5. The second kappa shape index (κ2) is 6.36. The minimum Gasteiger partial charge on any atom is -0.383 e. The van der Waals surface area contributed by atoms with E-state index in [9.17, 15) is 8.42 Å². The van der Waals surface area contributed by atoms with Gasteiger partial charge in [-0.25, -0.2) is 8.42 Å². The molecule has 0 aromatic carbocycles. The number of nitrogens with two attached hydrogens (primary N) is 1. The molecule has 2 N–H and O–H groups in total. The predicted molar refractivity (Wildman–Crippen MR) is 73.1 cm³/mol. The van der Waals surface area contributed by atoms with Gasteiger partial charge >= 0.3 is 0 Å². The summed E-state index contributed by atoms with van der Waals surface area (Å²) in [5.41, 5.74) is 5.66. The maximum absolute atomic E-state index is 12.5.